The lowest BCUT2D eigenvalue weighted by Crippen LogP contribution is -1.94. The van der Waals surface area contributed by atoms with E-state index in [1.807, 2.05) is 0 Å². The molecule has 0 bridgehead atoms. The maximum absolute atomic E-state index is 10.9. The number of aromatic nitrogens is 1. The van der Waals surface area contributed by atoms with Gasteiger partial charge in [0.15, 0.2) is 0 Å². The standard InChI is InChI=1S/C10H7BrN2O4S/c1-16-6-2-3-8(7(4-6)13(14)15)17-10-12-9(11)5-18-10/h2-5H,1H3. The second kappa shape index (κ2) is 5.32. The highest BCUT2D eigenvalue weighted by Crippen LogP contribution is 2.35. The van der Waals surface area contributed by atoms with Gasteiger partial charge in [0.05, 0.1) is 18.1 Å². The molecule has 1 aromatic carbocycles. The van der Waals surface area contributed by atoms with Crippen LogP contribution in [0.2, 0.25) is 0 Å². The molecule has 0 unspecified atom stereocenters. The molecule has 1 aromatic heterocycles. The summed E-state index contributed by atoms with van der Waals surface area (Å²) in [4.78, 5) is 14.4. The third-order valence-electron chi connectivity index (χ3n) is 2.02. The van der Waals surface area contributed by atoms with Crippen LogP contribution in [0.5, 0.6) is 16.7 Å². The Hall–Kier alpha value is -1.67. The van der Waals surface area contributed by atoms with Gasteiger partial charge < -0.3 is 9.47 Å². The van der Waals surface area contributed by atoms with Crippen molar-refractivity contribution in [1.29, 1.82) is 0 Å². The molecule has 18 heavy (non-hydrogen) atoms. The van der Waals surface area contributed by atoms with E-state index in [1.165, 1.54) is 30.6 Å². The summed E-state index contributed by atoms with van der Waals surface area (Å²) in [5.41, 5.74) is -0.166. The van der Waals surface area contributed by atoms with Gasteiger partial charge in [-0.25, -0.2) is 0 Å². The Morgan fingerprint density at radius 2 is 2.28 bits per heavy atom. The molecule has 2 aromatic rings. The lowest BCUT2D eigenvalue weighted by Gasteiger charge is -2.04. The molecule has 0 aliphatic carbocycles. The fourth-order valence-electron chi connectivity index (χ4n) is 1.23. The molecule has 94 valence electrons. The average molecular weight is 331 g/mol. The number of halogens is 1. The number of methoxy groups -OCH3 is 1. The minimum atomic E-state index is -0.527. The van der Waals surface area contributed by atoms with Crippen molar-refractivity contribution >= 4 is 33.0 Å². The zero-order valence-electron chi connectivity index (χ0n) is 9.12. The fourth-order valence-corrected chi connectivity index (χ4v) is 2.33. The number of nitrogens with zero attached hydrogens (tertiary/aromatic N) is 2. The zero-order valence-corrected chi connectivity index (χ0v) is 11.5. The van der Waals surface area contributed by atoms with Crippen LogP contribution in [0, 0.1) is 10.1 Å². The molecule has 1 heterocycles. The molecule has 0 aliphatic heterocycles. The van der Waals surface area contributed by atoms with E-state index < -0.39 is 4.92 Å². The van der Waals surface area contributed by atoms with E-state index in [4.69, 9.17) is 9.47 Å². The predicted octanol–water partition coefficient (Wildman–Crippen LogP) is 3.61. The third-order valence-corrected chi connectivity index (χ3v) is 3.44. The van der Waals surface area contributed by atoms with Gasteiger partial charge in [0.2, 0.25) is 5.75 Å². The van der Waals surface area contributed by atoms with Crippen molar-refractivity contribution in [1.82, 2.24) is 4.98 Å². The first-order chi connectivity index (χ1) is 8.60. The number of rotatable bonds is 4. The summed E-state index contributed by atoms with van der Waals surface area (Å²) in [5.74, 6) is 0.525. The van der Waals surface area contributed by atoms with Crippen LogP contribution in [0.4, 0.5) is 5.69 Å². The van der Waals surface area contributed by atoms with E-state index in [2.05, 4.69) is 20.9 Å². The summed E-state index contributed by atoms with van der Waals surface area (Å²) >= 11 is 4.42. The van der Waals surface area contributed by atoms with Crippen LogP contribution in [-0.4, -0.2) is 17.0 Å². The highest BCUT2D eigenvalue weighted by Gasteiger charge is 2.18. The van der Waals surface area contributed by atoms with Crippen LogP contribution in [-0.2, 0) is 0 Å². The minimum Gasteiger partial charge on any atom is -0.496 e. The summed E-state index contributed by atoms with van der Waals surface area (Å²) in [5, 5.41) is 13.0. The second-order valence-corrected chi connectivity index (χ2v) is 4.76. The van der Waals surface area contributed by atoms with Gasteiger partial charge in [0, 0.05) is 5.38 Å². The fraction of sp³-hybridized carbons (Fsp3) is 0.100. The van der Waals surface area contributed by atoms with Crippen LogP contribution in [0.3, 0.4) is 0 Å². The molecule has 0 aliphatic rings. The van der Waals surface area contributed by atoms with Gasteiger partial charge in [0.25, 0.3) is 5.19 Å². The Bertz CT molecular complexity index is 587. The van der Waals surface area contributed by atoms with Crippen LogP contribution in [0.15, 0.2) is 28.2 Å². The Kier molecular flexibility index (Phi) is 3.78. The molecule has 0 spiro atoms. The SMILES string of the molecule is COc1ccc(Oc2nc(Br)cs2)c([N+](=O)[O-])c1. The van der Waals surface area contributed by atoms with Gasteiger partial charge in [-0.15, -0.1) is 0 Å². The molecular formula is C10H7BrN2O4S. The Balaban J connectivity index is 2.34. The van der Waals surface area contributed by atoms with Gasteiger partial charge in [0.1, 0.15) is 10.4 Å². The van der Waals surface area contributed by atoms with E-state index in [0.29, 0.717) is 15.5 Å². The van der Waals surface area contributed by atoms with E-state index in [-0.39, 0.29) is 11.4 Å². The molecule has 2 rings (SSSR count). The lowest BCUT2D eigenvalue weighted by atomic mass is 10.3. The topological polar surface area (TPSA) is 74.5 Å². The summed E-state index contributed by atoms with van der Waals surface area (Å²) in [6.07, 6.45) is 0. The van der Waals surface area contributed by atoms with Gasteiger partial charge in [-0.05, 0) is 28.1 Å². The number of benzene rings is 1. The number of hydrogen-bond donors (Lipinski definition) is 0. The largest absolute Gasteiger partial charge is 0.496 e. The molecule has 0 fully saturated rings. The molecule has 0 N–H and O–H groups in total. The van der Waals surface area contributed by atoms with Crippen molar-refractivity contribution in [2.24, 2.45) is 0 Å². The molecule has 6 nitrogen and oxygen atoms in total. The number of thiazole rings is 1. The first kappa shape index (κ1) is 12.8. The third kappa shape index (κ3) is 2.77. The smallest absolute Gasteiger partial charge is 0.315 e. The van der Waals surface area contributed by atoms with Crippen molar-refractivity contribution in [3.63, 3.8) is 0 Å². The maximum Gasteiger partial charge on any atom is 0.315 e. The summed E-state index contributed by atoms with van der Waals surface area (Å²) in [6.45, 7) is 0. The molecule has 0 amide bonds. The lowest BCUT2D eigenvalue weighted by molar-refractivity contribution is -0.385. The van der Waals surface area contributed by atoms with Gasteiger partial charge in [-0.2, -0.15) is 4.98 Å². The highest BCUT2D eigenvalue weighted by atomic mass is 79.9. The van der Waals surface area contributed by atoms with Crippen molar-refractivity contribution in [2.45, 2.75) is 0 Å². The first-order valence-corrected chi connectivity index (χ1v) is 6.38. The number of hydrogen-bond acceptors (Lipinski definition) is 6. The monoisotopic (exact) mass is 330 g/mol. The molecule has 0 saturated carbocycles. The average Bonchev–Trinajstić information content (AvgIpc) is 2.75. The van der Waals surface area contributed by atoms with Gasteiger partial charge in [-0.3, -0.25) is 10.1 Å². The van der Waals surface area contributed by atoms with E-state index in [1.54, 1.807) is 11.4 Å². The Labute approximate surface area is 114 Å². The van der Waals surface area contributed by atoms with Crippen molar-refractivity contribution in [2.75, 3.05) is 7.11 Å². The number of nitro groups is 1. The molecule has 0 radical (unpaired) electrons. The molecule has 0 saturated heterocycles. The maximum atomic E-state index is 10.9. The summed E-state index contributed by atoms with van der Waals surface area (Å²) in [6, 6.07) is 4.37. The van der Waals surface area contributed by atoms with Gasteiger partial charge >= 0.3 is 5.69 Å². The van der Waals surface area contributed by atoms with Crippen LogP contribution < -0.4 is 9.47 Å². The van der Waals surface area contributed by atoms with E-state index in [9.17, 15) is 10.1 Å². The Morgan fingerprint density at radius 1 is 1.50 bits per heavy atom. The summed E-state index contributed by atoms with van der Waals surface area (Å²) in [7, 11) is 1.44. The molecular weight excluding hydrogens is 324 g/mol. The predicted molar refractivity (Wildman–Crippen MR) is 69.5 cm³/mol. The van der Waals surface area contributed by atoms with Crippen LogP contribution in [0.25, 0.3) is 0 Å². The highest BCUT2D eigenvalue weighted by molar-refractivity contribution is 9.10. The van der Waals surface area contributed by atoms with Crippen LogP contribution >= 0.6 is 27.3 Å². The quantitative estimate of drug-likeness (QED) is 0.632. The minimum absolute atomic E-state index is 0.127. The number of nitro benzene ring substituents is 1. The molecule has 8 heteroatoms. The number of ether oxygens (including phenoxy) is 2. The van der Waals surface area contributed by atoms with E-state index in [0.717, 1.165) is 0 Å². The van der Waals surface area contributed by atoms with Crippen molar-refractivity contribution in [3.05, 3.63) is 38.3 Å². The first-order valence-electron chi connectivity index (χ1n) is 4.71. The van der Waals surface area contributed by atoms with Crippen LogP contribution in [0.1, 0.15) is 0 Å². The zero-order chi connectivity index (χ0) is 13.1. The van der Waals surface area contributed by atoms with E-state index >= 15 is 0 Å². The normalized spacial score (nSPS) is 10.1. The van der Waals surface area contributed by atoms with Crippen molar-refractivity contribution in [3.8, 4) is 16.7 Å². The van der Waals surface area contributed by atoms with Crippen molar-refractivity contribution < 1.29 is 14.4 Å². The molecule has 0 atom stereocenters. The second-order valence-electron chi connectivity index (χ2n) is 3.13. The van der Waals surface area contributed by atoms with Gasteiger partial charge in [-0.1, -0.05) is 11.3 Å². The Morgan fingerprint density at radius 3 is 2.83 bits per heavy atom. The summed E-state index contributed by atoms with van der Waals surface area (Å²) < 4.78 is 10.9.